The number of Topliss-reactive ketones (excluding diaryl/α,β-unsaturated/α-hetero) is 1. The Labute approximate surface area is 111 Å². The highest BCUT2D eigenvalue weighted by Crippen LogP contribution is 2.12. The summed E-state index contributed by atoms with van der Waals surface area (Å²) in [7, 11) is 0. The van der Waals surface area contributed by atoms with Crippen molar-refractivity contribution in [1.82, 2.24) is 4.90 Å². The van der Waals surface area contributed by atoms with Crippen molar-refractivity contribution in [3.05, 3.63) is 35.4 Å². The first-order valence-corrected chi connectivity index (χ1v) is 6.38. The van der Waals surface area contributed by atoms with Gasteiger partial charge in [0.1, 0.15) is 11.6 Å². The van der Waals surface area contributed by atoms with Crippen LogP contribution in [0, 0.1) is 11.6 Å². The predicted octanol–water partition coefficient (Wildman–Crippen LogP) is 2.26. The van der Waals surface area contributed by atoms with E-state index in [0.29, 0.717) is 13.2 Å². The summed E-state index contributed by atoms with van der Waals surface area (Å²) in [6.45, 7) is 4.05. The zero-order chi connectivity index (χ0) is 13.8. The fraction of sp³-hybridized carbons (Fsp3) is 0.500. The zero-order valence-corrected chi connectivity index (χ0v) is 10.9. The summed E-state index contributed by atoms with van der Waals surface area (Å²) in [5, 5.41) is 0. The Kier molecular flexibility index (Phi) is 4.61. The fourth-order valence-corrected chi connectivity index (χ4v) is 2.22. The quantitative estimate of drug-likeness (QED) is 0.788. The van der Waals surface area contributed by atoms with Crippen molar-refractivity contribution >= 4 is 5.78 Å². The number of halogens is 2. The standard InChI is InChI=1S/C14H17F2NO2/c1-10-8-17(5-2-6-19-10)9-14(18)12-7-11(15)3-4-13(12)16/h3-4,7,10H,2,5-6,8-9H2,1H3. The summed E-state index contributed by atoms with van der Waals surface area (Å²) >= 11 is 0. The van der Waals surface area contributed by atoms with Gasteiger partial charge in [0.05, 0.1) is 18.2 Å². The number of hydrogen-bond donors (Lipinski definition) is 0. The van der Waals surface area contributed by atoms with Gasteiger partial charge in [0, 0.05) is 19.7 Å². The topological polar surface area (TPSA) is 29.5 Å². The summed E-state index contributed by atoms with van der Waals surface area (Å²) < 4.78 is 32.0. The van der Waals surface area contributed by atoms with Crippen LogP contribution in [0.1, 0.15) is 23.7 Å². The van der Waals surface area contributed by atoms with Crippen LogP contribution in [-0.2, 0) is 4.74 Å². The molecule has 0 spiro atoms. The van der Waals surface area contributed by atoms with Crippen molar-refractivity contribution in [3.63, 3.8) is 0 Å². The Morgan fingerprint density at radius 1 is 1.47 bits per heavy atom. The van der Waals surface area contributed by atoms with E-state index in [1.165, 1.54) is 0 Å². The highest BCUT2D eigenvalue weighted by atomic mass is 19.1. The third kappa shape index (κ3) is 3.81. The Balaban J connectivity index is 2.05. The molecule has 1 aromatic rings. The number of carbonyl (C=O) groups is 1. The van der Waals surface area contributed by atoms with Crippen molar-refractivity contribution in [2.75, 3.05) is 26.2 Å². The lowest BCUT2D eigenvalue weighted by molar-refractivity contribution is 0.0656. The van der Waals surface area contributed by atoms with E-state index in [4.69, 9.17) is 4.74 Å². The monoisotopic (exact) mass is 269 g/mol. The number of carbonyl (C=O) groups excluding carboxylic acids is 1. The third-order valence-corrected chi connectivity index (χ3v) is 3.13. The van der Waals surface area contributed by atoms with Gasteiger partial charge >= 0.3 is 0 Å². The van der Waals surface area contributed by atoms with Gasteiger partial charge in [-0.25, -0.2) is 8.78 Å². The molecule has 1 heterocycles. The Hall–Kier alpha value is -1.33. The molecular formula is C14H17F2NO2. The molecule has 0 aliphatic carbocycles. The lowest BCUT2D eigenvalue weighted by Gasteiger charge is -2.20. The summed E-state index contributed by atoms with van der Waals surface area (Å²) in [6.07, 6.45) is 0.885. The molecule has 1 unspecified atom stereocenters. The smallest absolute Gasteiger partial charge is 0.179 e. The largest absolute Gasteiger partial charge is 0.377 e. The molecule has 0 aromatic heterocycles. The van der Waals surface area contributed by atoms with E-state index in [1.807, 2.05) is 11.8 Å². The summed E-state index contributed by atoms with van der Waals surface area (Å²) in [6, 6.07) is 2.94. The van der Waals surface area contributed by atoms with Gasteiger partial charge in [0.25, 0.3) is 0 Å². The second-order valence-electron chi connectivity index (χ2n) is 4.82. The molecule has 1 atom stereocenters. The summed E-state index contributed by atoms with van der Waals surface area (Å²) in [5.41, 5.74) is -0.183. The van der Waals surface area contributed by atoms with Crippen molar-refractivity contribution in [2.24, 2.45) is 0 Å². The lowest BCUT2D eigenvalue weighted by atomic mass is 10.1. The number of rotatable bonds is 3. The molecular weight excluding hydrogens is 252 g/mol. The molecule has 0 bridgehead atoms. The normalized spacial score (nSPS) is 21.1. The van der Waals surface area contributed by atoms with Crippen LogP contribution in [0.3, 0.4) is 0 Å². The van der Waals surface area contributed by atoms with Gasteiger partial charge in [-0.15, -0.1) is 0 Å². The molecule has 1 fully saturated rings. The van der Waals surface area contributed by atoms with E-state index in [1.54, 1.807) is 0 Å². The molecule has 104 valence electrons. The van der Waals surface area contributed by atoms with Gasteiger partial charge in [-0.05, 0) is 31.5 Å². The Morgan fingerprint density at radius 3 is 3.05 bits per heavy atom. The third-order valence-electron chi connectivity index (χ3n) is 3.13. The maximum atomic E-state index is 13.5. The second-order valence-corrected chi connectivity index (χ2v) is 4.82. The summed E-state index contributed by atoms with van der Waals surface area (Å²) in [4.78, 5) is 13.9. The number of hydrogen-bond acceptors (Lipinski definition) is 3. The maximum absolute atomic E-state index is 13.5. The van der Waals surface area contributed by atoms with Crippen LogP contribution in [0.15, 0.2) is 18.2 Å². The lowest BCUT2D eigenvalue weighted by Crippen LogP contribution is -2.35. The number of ketones is 1. The molecule has 0 amide bonds. The first-order chi connectivity index (χ1) is 9.06. The van der Waals surface area contributed by atoms with Gasteiger partial charge < -0.3 is 4.74 Å². The fourth-order valence-electron chi connectivity index (χ4n) is 2.22. The number of nitrogens with zero attached hydrogens (tertiary/aromatic N) is 1. The Bertz CT molecular complexity index is 465. The van der Waals surface area contributed by atoms with Gasteiger partial charge in [-0.3, -0.25) is 9.69 Å². The first-order valence-electron chi connectivity index (χ1n) is 6.38. The van der Waals surface area contributed by atoms with E-state index >= 15 is 0 Å². The Morgan fingerprint density at radius 2 is 2.26 bits per heavy atom. The van der Waals surface area contributed by atoms with Crippen molar-refractivity contribution in [2.45, 2.75) is 19.4 Å². The predicted molar refractivity (Wildman–Crippen MR) is 67.2 cm³/mol. The van der Waals surface area contributed by atoms with Crippen molar-refractivity contribution in [1.29, 1.82) is 0 Å². The van der Waals surface area contributed by atoms with Crippen LogP contribution in [-0.4, -0.2) is 43.0 Å². The van der Waals surface area contributed by atoms with Crippen LogP contribution in [0.25, 0.3) is 0 Å². The van der Waals surface area contributed by atoms with E-state index in [2.05, 4.69) is 0 Å². The van der Waals surface area contributed by atoms with E-state index < -0.39 is 17.4 Å². The number of ether oxygens (including phenoxy) is 1. The van der Waals surface area contributed by atoms with E-state index in [0.717, 1.165) is 31.2 Å². The van der Waals surface area contributed by atoms with Gasteiger partial charge in [-0.1, -0.05) is 0 Å². The molecule has 0 N–H and O–H groups in total. The molecule has 5 heteroatoms. The minimum atomic E-state index is -0.675. The minimum absolute atomic E-state index is 0.0488. The highest BCUT2D eigenvalue weighted by Gasteiger charge is 2.20. The maximum Gasteiger partial charge on any atom is 0.179 e. The first kappa shape index (κ1) is 14.1. The second kappa shape index (κ2) is 6.21. The molecule has 0 radical (unpaired) electrons. The van der Waals surface area contributed by atoms with Crippen LogP contribution < -0.4 is 0 Å². The SMILES string of the molecule is CC1CN(CC(=O)c2cc(F)ccc2F)CCCO1. The van der Waals surface area contributed by atoms with Gasteiger partial charge in [-0.2, -0.15) is 0 Å². The molecule has 1 aliphatic heterocycles. The summed E-state index contributed by atoms with van der Waals surface area (Å²) in [5.74, 6) is -1.67. The van der Waals surface area contributed by atoms with Crippen LogP contribution in [0.4, 0.5) is 8.78 Å². The van der Waals surface area contributed by atoms with Crippen molar-refractivity contribution in [3.8, 4) is 0 Å². The molecule has 1 saturated heterocycles. The molecule has 19 heavy (non-hydrogen) atoms. The van der Waals surface area contributed by atoms with Crippen LogP contribution in [0.5, 0.6) is 0 Å². The van der Waals surface area contributed by atoms with Gasteiger partial charge in [0.15, 0.2) is 5.78 Å². The molecule has 1 aliphatic rings. The average Bonchev–Trinajstić information content (AvgIpc) is 2.56. The highest BCUT2D eigenvalue weighted by molar-refractivity contribution is 5.97. The molecule has 3 nitrogen and oxygen atoms in total. The van der Waals surface area contributed by atoms with Crippen LogP contribution >= 0.6 is 0 Å². The molecule has 1 aromatic carbocycles. The van der Waals surface area contributed by atoms with Crippen molar-refractivity contribution < 1.29 is 18.3 Å². The minimum Gasteiger partial charge on any atom is -0.377 e. The molecule has 2 rings (SSSR count). The van der Waals surface area contributed by atoms with Gasteiger partial charge in [0.2, 0.25) is 0 Å². The number of benzene rings is 1. The van der Waals surface area contributed by atoms with E-state index in [9.17, 15) is 13.6 Å². The average molecular weight is 269 g/mol. The zero-order valence-electron chi connectivity index (χ0n) is 10.9. The van der Waals surface area contributed by atoms with Crippen LogP contribution in [0.2, 0.25) is 0 Å². The molecule has 0 saturated carbocycles. The van der Waals surface area contributed by atoms with E-state index in [-0.39, 0.29) is 18.2 Å².